The van der Waals surface area contributed by atoms with Crippen LogP contribution in [0.3, 0.4) is 0 Å². The first kappa shape index (κ1) is 20.9. The van der Waals surface area contributed by atoms with Crippen molar-refractivity contribution in [3.05, 3.63) is 65.4 Å². The zero-order valence-electron chi connectivity index (χ0n) is 16.4. The molecule has 1 aromatic carbocycles. The first-order valence-corrected chi connectivity index (χ1v) is 10.6. The van der Waals surface area contributed by atoms with Crippen LogP contribution < -0.4 is 0 Å². The number of aryl methyl sites for hydroxylation is 1. The van der Waals surface area contributed by atoms with Crippen LogP contribution in [0.4, 0.5) is 4.39 Å². The molecule has 0 unspecified atom stereocenters. The molecule has 2 heterocycles. The summed E-state index contributed by atoms with van der Waals surface area (Å²) in [6, 6.07) is 6.90. The number of hydrogen-bond acceptors (Lipinski definition) is 5. The zero-order valence-corrected chi connectivity index (χ0v) is 17.2. The highest BCUT2D eigenvalue weighted by Crippen LogP contribution is 2.20. The summed E-state index contributed by atoms with van der Waals surface area (Å²) in [5, 5.41) is 0. The number of ether oxygens (including phenoxy) is 1. The van der Waals surface area contributed by atoms with Crippen molar-refractivity contribution >= 4 is 21.6 Å². The lowest BCUT2D eigenvalue weighted by molar-refractivity contribution is 0.0462. The molecule has 0 N–H and O–H groups in total. The van der Waals surface area contributed by atoms with Crippen molar-refractivity contribution in [1.29, 1.82) is 0 Å². The van der Waals surface area contributed by atoms with E-state index in [1.165, 1.54) is 4.31 Å². The minimum absolute atomic E-state index is 0.155. The van der Waals surface area contributed by atoms with Crippen molar-refractivity contribution in [2.24, 2.45) is 0 Å². The summed E-state index contributed by atoms with van der Waals surface area (Å²) in [5.41, 5.74) is 1.76. The van der Waals surface area contributed by atoms with Gasteiger partial charge in [-0.15, -0.1) is 0 Å². The van der Waals surface area contributed by atoms with Crippen molar-refractivity contribution in [2.45, 2.75) is 32.3 Å². The molecule has 0 aliphatic heterocycles. The maximum absolute atomic E-state index is 14.2. The predicted molar refractivity (Wildman–Crippen MR) is 106 cm³/mol. The van der Waals surface area contributed by atoms with Crippen LogP contribution in [-0.2, 0) is 21.4 Å². The van der Waals surface area contributed by atoms with Crippen LogP contribution in [0.5, 0.6) is 0 Å². The highest BCUT2D eigenvalue weighted by Gasteiger charge is 2.25. The van der Waals surface area contributed by atoms with Gasteiger partial charge in [0.25, 0.3) is 0 Å². The highest BCUT2D eigenvalue weighted by molar-refractivity contribution is 7.89. The largest absolute Gasteiger partial charge is 0.455 e. The molecule has 7 nitrogen and oxygen atoms in total. The van der Waals surface area contributed by atoms with Gasteiger partial charge in [-0.1, -0.05) is 19.9 Å². The maximum atomic E-state index is 14.2. The molecule has 0 radical (unpaired) electrons. The molecule has 29 heavy (non-hydrogen) atoms. The average Bonchev–Trinajstić information content (AvgIpc) is 3.11. The quantitative estimate of drug-likeness (QED) is 0.550. The molecule has 2 aromatic heterocycles. The van der Waals surface area contributed by atoms with Crippen LogP contribution in [0, 0.1) is 12.7 Å². The number of rotatable bonds is 7. The summed E-state index contributed by atoms with van der Waals surface area (Å²) >= 11 is 0. The normalized spacial score (nSPS) is 11.9. The standard InChI is InChI=1S/C20H22FN3O4S/c1-4-24(5-2)29(26,27)16-8-9-18(21)17(11-16)20(25)28-13-15-12-23-10-6-7-14(3)19(23)22-15/h6-12H,4-5,13H2,1-3H3. The van der Waals surface area contributed by atoms with Gasteiger partial charge in [-0.05, 0) is 36.8 Å². The molecule has 9 heteroatoms. The molecule has 0 aliphatic rings. The molecule has 0 saturated carbocycles. The zero-order chi connectivity index (χ0) is 21.2. The van der Waals surface area contributed by atoms with Crippen LogP contribution in [0.2, 0.25) is 0 Å². The number of fused-ring (bicyclic) bond motifs is 1. The van der Waals surface area contributed by atoms with E-state index in [4.69, 9.17) is 4.74 Å². The van der Waals surface area contributed by atoms with E-state index in [-0.39, 0.29) is 24.6 Å². The van der Waals surface area contributed by atoms with Crippen molar-refractivity contribution in [3.63, 3.8) is 0 Å². The Kier molecular flexibility index (Phi) is 5.99. The van der Waals surface area contributed by atoms with Gasteiger partial charge in [0, 0.05) is 25.5 Å². The minimum atomic E-state index is -3.82. The Morgan fingerprint density at radius 1 is 1.24 bits per heavy atom. The Hall–Kier alpha value is -2.78. The highest BCUT2D eigenvalue weighted by atomic mass is 32.2. The van der Waals surface area contributed by atoms with E-state index in [1.807, 2.05) is 25.3 Å². The lowest BCUT2D eigenvalue weighted by Crippen LogP contribution is -2.30. The SMILES string of the molecule is CCN(CC)S(=O)(=O)c1ccc(F)c(C(=O)OCc2cn3cccc(C)c3n2)c1. The van der Waals surface area contributed by atoms with Gasteiger partial charge in [0.05, 0.1) is 16.2 Å². The number of carbonyl (C=O) groups excluding carboxylic acids is 1. The smallest absolute Gasteiger partial charge is 0.341 e. The predicted octanol–water partition coefficient (Wildman–Crippen LogP) is 3.17. The third-order valence-electron chi connectivity index (χ3n) is 4.58. The van der Waals surface area contributed by atoms with Crippen molar-refractivity contribution in [2.75, 3.05) is 13.1 Å². The van der Waals surface area contributed by atoms with Crippen LogP contribution in [0.1, 0.15) is 35.5 Å². The second-order valence-corrected chi connectivity index (χ2v) is 8.40. The Bertz CT molecular complexity index is 1150. The number of benzene rings is 1. The minimum Gasteiger partial charge on any atom is -0.455 e. The Morgan fingerprint density at radius 3 is 2.62 bits per heavy atom. The Labute approximate surface area is 168 Å². The van der Waals surface area contributed by atoms with E-state index >= 15 is 0 Å². The van der Waals surface area contributed by atoms with Gasteiger partial charge in [-0.25, -0.2) is 22.6 Å². The maximum Gasteiger partial charge on any atom is 0.341 e. The van der Waals surface area contributed by atoms with Gasteiger partial charge in [0.1, 0.15) is 18.1 Å². The molecular formula is C20H22FN3O4S. The molecule has 0 amide bonds. The summed E-state index contributed by atoms with van der Waals surface area (Å²) in [6.07, 6.45) is 3.54. The number of pyridine rings is 1. The molecule has 0 bridgehead atoms. The number of hydrogen-bond donors (Lipinski definition) is 0. The van der Waals surface area contributed by atoms with E-state index in [2.05, 4.69) is 4.98 Å². The first-order chi connectivity index (χ1) is 13.8. The van der Waals surface area contributed by atoms with Crippen LogP contribution in [-0.4, -0.2) is 41.2 Å². The summed E-state index contributed by atoms with van der Waals surface area (Å²) in [5.74, 6) is -1.80. The van der Waals surface area contributed by atoms with E-state index < -0.39 is 27.4 Å². The number of sulfonamides is 1. The molecule has 0 aliphatic carbocycles. The van der Waals surface area contributed by atoms with Gasteiger partial charge in [-0.2, -0.15) is 4.31 Å². The third-order valence-corrected chi connectivity index (χ3v) is 6.63. The molecular weight excluding hydrogens is 397 g/mol. The van der Waals surface area contributed by atoms with E-state index in [0.29, 0.717) is 5.69 Å². The topological polar surface area (TPSA) is 81.0 Å². The first-order valence-electron chi connectivity index (χ1n) is 9.18. The summed E-state index contributed by atoms with van der Waals surface area (Å²) < 4.78 is 47.7. The monoisotopic (exact) mass is 419 g/mol. The fraction of sp³-hybridized carbons (Fsp3) is 0.300. The Balaban J connectivity index is 1.82. The van der Waals surface area contributed by atoms with Gasteiger partial charge in [0.15, 0.2) is 0 Å². The van der Waals surface area contributed by atoms with Crippen molar-refractivity contribution in [3.8, 4) is 0 Å². The second kappa shape index (κ2) is 8.30. The van der Waals surface area contributed by atoms with Crippen LogP contribution in [0.15, 0.2) is 47.6 Å². The number of carbonyl (C=O) groups is 1. The molecule has 3 rings (SSSR count). The Morgan fingerprint density at radius 2 is 1.97 bits per heavy atom. The number of aromatic nitrogens is 2. The molecule has 3 aromatic rings. The van der Waals surface area contributed by atoms with Crippen LogP contribution >= 0.6 is 0 Å². The molecule has 0 fully saturated rings. The van der Waals surface area contributed by atoms with Gasteiger partial charge >= 0.3 is 5.97 Å². The van der Waals surface area contributed by atoms with Gasteiger partial charge in [0.2, 0.25) is 10.0 Å². The molecule has 0 spiro atoms. The van der Waals surface area contributed by atoms with Crippen molar-refractivity contribution < 1.29 is 22.3 Å². The molecule has 154 valence electrons. The molecule has 0 atom stereocenters. The van der Waals surface area contributed by atoms with Gasteiger partial charge in [-0.3, -0.25) is 0 Å². The number of nitrogens with zero attached hydrogens (tertiary/aromatic N) is 3. The number of halogens is 1. The second-order valence-electron chi connectivity index (χ2n) is 6.46. The summed E-state index contributed by atoms with van der Waals surface area (Å²) in [4.78, 5) is 16.6. The van der Waals surface area contributed by atoms with Crippen molar-refractivity contribution in [1.82, 2.24) is 13.7 Å². The average molecular weight is 419 g/mol. The third kappa shape index (κ3) is 4.15. The van der Waals surface area contributed by atoms with E-state index in [9.17, 15) is 17.6 Å². The summed E-state index contributed by atoms with van der Waals surface area (Å²) in [7, 11) is -3.82. The lowest BCUT2D eigenvalue weighted by atomic mass is 10.2. The van der Waals surface area contributed by atoms with E-state index in [1.54, 1.807) is 24.4 Å². The molecule has 0 saturated heterocycles. The van der Waals surface area contributed by atoms with E-state index in [0.717, 1.165) is 29.4 Å². The van der Waals surface area contributed by atoms with Crippen LogP contribution in [0.25, 0.3) is 5.65 Å². The fourth-order valence-electron chi connectivity index (χ4n) is 3.03. The number of esters is 1. The number of imidazole rings is 1. The van der Waals surface area contributed by atoms with Gasteiger partial charge < -0.3 is 9.14 Å². The fourth-order valence-corrected chi connectivity index (χ4v) is 4.51. The summed E-state index contributed by atoms with van der Waals surface area (Å²) in [6.45, 7) is 5.70. The lowest BCUT2D eigenvalue weighted by Gasteiger charge is -2.18.